The summed E-state index contributed by atoms with van der Waals surface area (Å²) in [4.78, 5) is 10.4. The minimum atomic E-state index is -0.156. The highest BCUT2D eigenvalue weighted by atomic mass is 16.3. The number of aliphatic hydroxyl groups excluding tert-OH is 1. The molecule has 1 rings (SSSR count). The maximum absolute atomic E-state index is 10.4. The molecule has 0 aromatic heterocycles. The van der Waals surface area contributed by atoms with Gasteiger partial charge in [-0.05, 0) is 25.2 Å². The summed E-state index contributed by atoms with van der Waals surface area (Å²) in [7, 11) is 0. The lowest BCUT2D eigenvalue weighted by Crippen LogP contribution is -2.24. The third-order valence-corrected chi connectivity index (χ3v) is 2.65. The second kappa shape index (κ2) is 3.86. The van der Waals surface area contributed by atoms with Crippen LogP contribution in [0.5, 0.6) is 0 Å². The average molecular weight is 156 g/mol. The van der Waals surface area contributed by atoms with E-state index in [0.29, 0.717) is 5.92 Å². The van der Waals surface area contributed by atoms with E-state index in [0.717, 1.165) is 32.0 Å². The topological polar surface area (TPSA) is 37.3 Å². The largest absolute Gasteiger partial charge is 0.393 e. The molecule has 11 heavy (non-hydrogen) atoms. The molecule has 64 valence electrons. The van der Waals surface area contributed by atoms with Gasteiger partial charge in [-0.3, -0.25) is 0 Å². The first-order valence-corrected chi connectivity index (χ1v) is 4.37. The quantitative estimate of drug-likeness (QED) is 0.613. The summed E-state index contributed by atoms with van der Waals surface area (Å²) in [6.07, 6.45) is 4.77. The minimum Gasteiger partial charge on any atom is -0.393 e. The van der Waals surface area contributed by atoms with Crippen molar-refractivity contribution in [2.24, 2.45) is 11.8 Å². The number of hydrogen-bond acceptors (Lipinski definition) is 2. The molecule has 0 bridgehead atoms. The van der Waals surface area contributed by atoms with Crippen molar-refractivity contribution in [1.82, 2.24) is 0 Å². The molecule has 0 saturated heterocycles. The van der Waals surface area contributed by atoms with Gasteiger partial charge in [0.2, 0.25) is 0 Å². The Morgan fingerprint density at radius 2 is 2.27 bits per heavy atom. The zero-order chi connectivity index (χ0) is 8.27. The van der Waals surface area contributed by atoms with E-state index in [1.165, 1.54) is 0 Å². The van der Waals surface area contributed by atoms with Gasteiger partial charge < -0.3 is 9.90 Å². The summed E-state index contributed by atoms with van der Waals surface area (Å²) < 4.78 is 0. The van der Waals surface area contributed by atoms with Gasteiger partial charge in [0, 0.05) is 5.92 Å². The van der Waals surface area contributed by atoms with Crippen LogP contribution in [0.3, 0.4) is 0 Å². The molecule has 0 radical (unpaired) electrons. The van der Waals surface area contributed by atoms with E-state index < -0.39 is 0 Å². The van der Waals surface area contributed by atoms with Crippen molar-refractivity contribution in [1.29, 1.82) is 0 Å². The van der Waals surface area contributed by atoms with Crippen molar-refractivity contribution in [3.05, 3.63) is 0 Å². The first kappa shape index (κ1) is 8.72. The fourth-order valence-electron chi connectivity index (χ4n) is 1.79. The van der Waals surface area contributed by atoms with Crippen LogP contribution >= 0.6 is 0 Å². The molecular formula is C9H16O2. The minimum absolute atomic E-state index is 0.130. The predicted octanol–water partition coefficient (Wildman–Crippen LogP) is 1.37. The van der Waals surface area contributed by atoms with Crippen LogP contribution < -0.4 is 0 Å². The van der Waals surface area contributed by atoms with Crippen molar-refractivity contribution >= 4 is 6.29 Å². The first-order chi connectivity index (χ1) is 5.24. The fourth-order valence-corrected chi connectivity index (χ4v) is 1.79. The second-order valence-corrected chi connectivity index (χ2v) is 3.58. The van der Waals surface area contributed by atoms with E-state index in [9.17, 15) is 9.90 Å². The van der Waals surface area contributed by atoms with Crippen LogP contribution in [0.1, 0.15) is 32.6 Å². The van der Waals surface area contributed by atoms with Crippen LogP contribution in [-0.4, -0.2) is 17.5 Å². The van der Waals surface area contributed by atoms with E-state index in [1.54, 1.807) is 0 Å². The molecule has 1 aliphatic rings. The zero-order valence-electron chi connectivity index (χ0n) is 6.99. The third-order valence-electron chi connectivity index (χ3n) is 2.65. The smallest absolute Gasteiger partial charge is 0.123 e. The van der Waals surface area contributed by atoms with Crippen LogP contribution in [0.15, 0.2) is 0 Å². The Bertz CT molecular complexity index is 134. The Morgan fingerprint density at radius 3 is 2.82 bits per heavy atom. The first-order valence-electron chi connectivity index (χ1n) is 4.37. The van der Waals surface area contributed by atoms with E-state index in [2.05, 4.69) is 0 Å². The van der Waals surface area contributed by atoms with Crippen LogP contribution in [-0.2, 0) is 4.79 Å². The van der Waals surface area contributed by atoms with Gasteiger partial charge >= 0.3 is 0 Å². The Morgan fingerprint density at radius 1 is 1.55 bits per heavy atom. The molecule has 0 aliphatic heterocycles. The van der Waals surface area contributed by atoms with E-state index >= 15 is 0 Å². The Kier molecular flexibility index (Phi) is 3.06. The van der Waals surface area contributed by atoms with Crippen molar-refractivity contribution < 1.29 is 9.90 Å². The third kappa shape index (κ3) is 2.29. The molecule has 0 spiro atoms. The summed E-state index contributed by atoms with van der Waals surface area (Å²) in [5.41, 5.74) is 0. The van der Waals surface area contributed by atoms with Crippen molar-refractivity contribution in [2.45, 2.75) is 38.7 Å². The van der Waals surface area contributed by atoms with Gasteiger partial charge in [0.25, 0.3) is 0 Å². The number of aliphatic hydroxyl groups is 1. The maximum Gasteiger partial charge on any atom is 0.123 e. The van der Waals surface area contributed by atoms with Crippen LogP contribution in [0.25, 0.3) is 0 Å². The Balaban J connectivity index is 2.38. The lowest BCUT2D eigenvalue weighted by Gasteiger charge is -2.27. The molecule has 1 N–H and O–H groups in total. The molecule has 0 amide bonds. The summed E-state index contributed by atoms with van der Waals surface area (Å²) in [5.74, 6) is 0.557. The second-order valence-electron chi connectivity index (χ2n) is 3.58. The van der Waals surface area contributed by atoms with Gasteiger partial charge in [0.1, 0.15) is 6.29 Å². The number of hydrogen-bond donors (Lipinski definition) is 1. The Hall–Kier alpha value is -0.370. The number of aldehydes is 1. The summed E-state index contributed by atoms with van der Waals surface area (Å²) in [6.45, 7) is 1.94. The number of carbonyl (C=O) groups excluding carboxylic acids is 1. The molecule has 1 fully saturated rings. The van der Waals surface area contributed by atoms with Crippen LogP contribution in [0.2, 0.25) is 0 Å². The SMILES string of the molecule is CC(C=O)C1CCCC(O)C1. The van der Waals surface area contributed by atoms with Gasteiger partial charge in [0.15, 0.2) is 0 Å². The van der Waals surface area contributed by atoms with Gasteiger partial charge in [-0.1, -0.05) is 13.3 Å². The van der Waals surface area contributed by atoms with Gasteiger partial charge in [0.05, 0.1) is 6.10 Å². The normalized spacial score (nSPS) is 34.7. The zero-order valence-corrected chi connectivity index (χ0v) is 6.99. The van der Waals surface area contributed by atoms with Crippen LogP contribution in [0, 0.1) is 11.8 Å². The highest BCUT2D eigenvalue weighted by Crippen LogP contribution is 2.28. The van der Waals surface area contributed by atoms with Crippen molar-refractivity contribution in [3.63, 3.8) is 0 Å². The molecule has 0 aromatic carbocycles. The maximum atomic E-state index is 10.4. The lowest BCUT2D eigenvalue weighted by molar-refractivity contribution is -0.112. The molecule has 0 heterocycles. The summed E-state index contributed by atoms with van der Waals surface area (Å²) >= 11 is 0. The monoisotopic (exact) mass is 156 g/mol. The number of rotatable bonds is 2. The van der Waals surface area contributed by atoms with Crippen molar-refractivity contribution in [2.75, 3.05) is 0 Å². The van der Waals surface area contributed by atoms with E-state index in [1.807, 2.05) is 6.92 Å². The molecular weight excluding hydrogens is 140 g/mol. The molecule has 1 saturated carbocycles. The molecule has 2 nitrogen and oxygen atoms in total. The van der Waals surface area contributed by atoms with E-state index in [4.69, 9.17) is 0 Å². The predicted molar refractivity (Wildman–Crippen MR) is 43.2 cm³/mol. The fraction of sp³-hybridized carbons (Fsp3) is 0.889. The average Bonchev–Trinajstić information content (AvgIpc) is 2.03. The number of carbonyl (C=O) groups is 1. The highest BCUT2D eigenvalue weighted by Gasteiger charge is 2.24. The van der Waals surface area contributed by atoms with Crippen molar-refractivity contribution in [3.8, 4) is 0 Å². The highest BCUT2D eigenvalue weighted by molar-refractivity contribution is 5.53. The summed E-state index contributed by atoms with van der Waals surface area (Å²) in [5, 5.41) is 9.31. The van der Waals surface area contributed by atoms with Gasteiger partial charge in [-0.25, -0.2) is 0 Å². The molecule has 3 unspecified atom stereocenters. The molecule has 1 aliphatic carbocycles. The Labute approximate surface area is 67.6 Å². The standard InChI is InChI=1S/C9H16O2/c1-7(6-10)8-3-2-4-9(11)5-8/h6-9,11H,2-5H2,1H3. The lowest BCUT2D eigenvalue weighted by atomic mass is 9.80. The van der Waals surface area contributed by atoms with Gasteiger partial charge in [-0.15, -0.1) is 0 Å². The van der Waals surface area contributed by atoms with Crippen LogP contribution in [0.4, 0.5) is 0 Å². The molecule has 3 atom stereocenters. The van der Waals surface area contributed by atoms with E-state index in [-0.39, 0.29) is 12.0 Å². The van der Waals surface area contributed by atoms with Gasteiger partial charge in [-0.2, -0.15) is 0 Å². The molecule has 0 aromatic rings. The summed E-state index contributed by atoms with van der Waals surface area (Å²) in [6, 6.07) is 0. The molecule has 2 heteroatoms.